The molecule has 2 aromatic carbocycles. The molecule has 2 aromatic rings. The van der Waals surface area contributed by atoms with Gasteiger partial charge in [-0.2, -0.15) is 0 Å². The van der Waals surface area contributed by atoms with Crippen molar-refractivity contribution in [3.05, 3.63) is 53.6 Å². The fourth-order valence-corrected chi connectivity index (χ4v) is 3.77. The molecule has 0 aliphatic heterocycles. The molecule has 2 rings (SSSR count). The summed E-state index contributed by atoms with van der Waals surface area (Å²) in [7, 11) is -2.16. The number of aliphatic hydroxyl groups is 1. The Hall–Kier alpha value is -1.54. The molecule has 0 aromatic heterocycles. The summed E-state index contributed by atoms with van der Waals surface area (Å²) in [5.74, 6) is 0.628. The monoisotopic (exact) mass is 367 g/mol. The number of aryl methyl sites for hydroxylation is 1. The standard InChI is InChI=1S/C17H21NO4S2/c1-12-10-15(8-9-17(12)22-2)24(20,21)18-11-16(19)13-4-6-14(23-3)7-5-13/h4-10,16,18-19H,11H2,1-3H3. The zero-order valence-corrected chi connectivity index (χ0v) is 15.4. The number of hydrogen-bond donors (Lipinski definition) is 2. The maximum absolute atomic E-state index is 12.4. The number of aliphatic hydroxyl groups excluding tert-OH is 1. The van der Waals surface area contributed by atoms with Crippen LogP contribution in [0.1, 0.15) is 17.2 Å². The SMILES string of the molecule is COc1ccc(S(=O)(=O)NCC(O)c2ccc(SC)cc2)cc1C. The van der Waals surface area contributed by atoms with E-state index in [0.717, 1.165) is 10.5 Å². The summed E-state index contributed by atoms with van der Waals surface area (Å²) < 4.78 is 32.3. The number of nitrogens with one attached hydrogen (secondary N) is 1. The third kappa shape index (κ3) is 4.51. The van der Waals surface area contributed by atoms with E-state index in [1.165, 1.54) is 13.2 Å². The van der Waals surface area contributed by atoms with Gasteiger partial charge in [-0.05, 0) is 54.6 Å². The molecular weight excluding hydrogens is 346 g/mol. The highest BCUT2D eigenvalue weighted by atomic mass is 32.2. The van der Waals surface area contributed by atoms with Crippen LogP contribution in [0.15, 0.2) is 52.3 Å². The fourth-order valence-electron chi connectivity index (χ4n) is 2.23. The van der Waals surface area contributed by atoms with Gasteiger partial charge in [-0.15, -0.1) is 11.8 Å². The van der Waals surface area contributed by atoms with Crippen molar-refractivity contribution in [1.82, 2.24) is 4.72 Å². The van der Waals surface area contributed by atoms with Crippen LogP contribution < -0.4 is 9.46 Å². The molecule has 5 nitrogen and oxygen atoms in total. The van der Waals surface area contributed by atoms with Gasteiger partial charge in [0, 0.05) is 11.4 Å². The number of thioether (sulfide) groups is 1. The smallest absolute Gasteiger partial charge is 0.240 e. The second-order valence-electron chi connectivity index (χ2n) is 5.27. The van der Waals surface area contributed by atoms with Crippen molar-refractivity contribution in [3.8, 4) is 5.75 Å². The Morgan fingerprint density at radius 2 is 1.88 bits per heavy atom. The summed E-state index contributed by atoms with van der Waals surface area (Å²) >= 11 is 1.61. The van der Waals surface area contributed by atoms with Crippen LogP contribution in [0.2, 0.25) is 0 Å². The number of benzene rings is 2. The molecule has 0 amide bonds. The van der Waals surface area contributed by atoms with Crippen molar-refractivity contribution in [1.29, 1.82) is 0 Å². The van der Waals surface area contributed by atoms with E-state index in [0.29, 0.717) is 11.3 Å². The maximum atomic E-state index is 12.4. The molecular formula is C17H21NO4S2. The first kappa shape index (κ1) is 18.8. The van der Waals surface area contributed by atoms with Crippen molar-refractivity contribution >= 4 is 21.8 Å². The lowest BCUT2D eigenvalue weighted by molar-refractivity contribution is 0.182. The van der Waals surface area contributed by atoms with Crippen molar-refractivity contribution in [2.45, 2.75) is 22.8 Å². The van der Waals surface area contributed by atoms with Gasteiger partial charge in [-0.3, -0.25) is 0 Å². The molecule has 0 aliphatic carbocycles. The highest BCUT2D eigenvalue weighted by Crippen LogP contribution is 2.22. The van der Waals surface area contributed by atoms with E-state index in [9.17, 15) is 13.5 Å². The first-order valence-corrected chi connectivity index (χ1v) is 10.0. The summed E-state index contributed by atoms with van der Waals surface area (Å²) in [5, 5.41) is 10.2. The minimum Gasteiger partial charge on any atom is -0.496 e. The van der Waals surface area contributed by atoms with Crippen LogP contribution >= 0.6 is 11.8 Å². The Morgan fingerprint density at radius 3 is 2.42 bits per heavy atom. The lowest BCUT2D eigenvalue weighted by atomic mass is 10.1. The number of methoxy groups -OCH3 is 1. The Morgan fingerprint density at radius 1 is 1.21 bits per heavy atom. The average molecular weight is 367 g/mol. The highest BCUT2D eigenvalue weighted by Gasteiger charge is 2.17. The number of ether oxygens (including phenoxy) is 1. The molecule has 0 heterocycles. The minimum absolute atomic E-state index is 0.0912. The van der Waals surface area contributed by atoms with E-state index in [1.54, 1.807) is 43.0 Å². The van der Waals surface area contributed by atoms with E-state index in [-0.39, 0.29) is 11.4 Å². The van der Waals surface area contributed by atoms with Gasteiger partial charge in [0.1, 0.15) is 5.75 Å². The van der Waals surface area contributed by atoms with Gasteiger partial charge in [-0.25, -0.2) is 13.1 Å². The Balaban J connectivity index is 2.07. The molecule has 0 bridgehead atoms. The Bertz CT molecular complexity index is 789. The summed E-state index contributed by atoms with van der Waals surface area (Å²) in [6, 6.07) is 12.0. The zero-order chi connectivity index (χ0) is 17.7. The van der Waals surface area contributed by atoms with Crippen LogP contribution in [-0.4, -0.2) is 33.4 Å². The molecule has 0 fully saturated rings. The molecule has 1 atom stereocenters. The van der Waals surface area contributed by atoms with E-state index >= 15 is 0 Å². The quantitative estimate of drug-likeness (QED) is 0.736. The van der Waals surface area contributed by atoms with Gasteiger partial charge in [-0.1, -0.05) is 12.1 Å². The van der Waals surface area contributed by atoms with Gasteiger partial charge < -0.3 is 9.84 Å². The van der Waals surface area contributed by atoms with Crippen molar-refractivity contribution in [3.63, 3.8) is 0 Å². The second kappa shape index (κ2) is 8.02. The second-order valence-corrected chi connectivity index (χ2v) is 7.92. The van der Waals surface area contributed by atoms with Gasteiger partial charge >= 0.3 is 0 Å². The number of hydrogen-bond acceptors (Lipinski definition) is 5. The molecule has 0 aliphatic rings. The van der Waals surface area contributed by atoms with Gasteiger partial charge in [0.25, 0.3) is 0 Å². The Labute approximate surface area is 147 Å². The van der Waals surface area contributed by atoms with E-state index in [1.807, 2.05) is 18.4 Å². The maximum Gasteiger partial charge on any atom is 0.240 e. The first-order valence-electron chi connectivity index (χ1n) is 7.33. The molecule has 0 saturated heterocycles. The lowest BCUT2D eigenvalue weighted by Crippen LogP contribution is -2.28. The normalized spacial score (nSPS) is 12.8. The topological polar surface area (TPSA) is 75.6 Å². The van der Waals surface area contributed by atoms with Gasteiger partial charge in [0.15, 0.2) is 0 Å². The molecule has 7 heteroatoms. The molecule has 24 heavy (non-hydrogen) atoms. The van der Waals surface area contributed by atoms with Crippen LogP contribution in [0.4, 0.5) is 0 Å². The van der Waals surface area contributed by atoms with Crippen molar-refractivity contribution in [2.24, 2.45) is 0 Å². The van der Waals surface area contributed by atoms with E-state index in [4.69, 9.17) is 4.74 Å². The summed E-state index contributed by atoms with van der Waals surface area (Å²) in [5.41, 5.74) is 1.40. The van der Waals surface area contributed by atoms with E-state index in [2.05, 4.69) is 4.72 Å². The summed E-state index contributed by atoms with van der Waals surface area (Å²) in [4.78, 5) is 1.23. The third-order valence-corrected chi connectivity index (χ3v) is 5.81. The average Bonchev–Trinajstić information content (AvgIpc) is 2.59. The molecule has 0 saturated carbocycles. The molecule has 0 radical (unpaired) electrons. The molecule has 1 unspecified atom stereocenters. The minimum atomic E-state index is -3.69. The lowest BCUT2D eigenvalue weighted by Gasteiger charge is -2.14. The third-order valence-electron chi connectivity index (χ3n) is 3.64. The Kier molecular flexibility index (Phi) is 6.28. The van der Waals surface area contributed by atoms with Crippen LogP contribution in [0.5, 0.6) is 5.75 Å². The van der Waals surface area contributed by atoms with Crippen LogP contribution in [0.25, 0.3) is 0 Å². The first-order chi connectivity index (χ1) is 11.4. The number of sulfonamides is 1. The van der Waals surface area contributed by atoms with Crippen molar-refractivity contribution < 1.29 is 18.3 Å². The van der Waals surface area contributed by atoms with Gasteiger partial charge in [0.05, 0.1) is 18.1 Å². The zero-order valence-electron chi connectivity index (χ0n) is 13.8. The molecule has 0 spiro atoms. The predicted octanol–water partition coefficient (Wildman–Crippen LogP) is 2.74. The van der Waals surface area contributed by atoms with Gasteiger partial charge in [0.2, 0.25) is 10.0 Å². The van der Waals surface area contributed by atoms with E-state index < -0.39 is 16.1 Å². The van der Waals surface area contributed by atoms with Crippen LogP contribution in [0.3, 0.4) is 0 Å². The molecule has 130 valence electrons. The van der Waals surface area contributed by atoms with Crippen molar-refractivity contribution in [2.75, 3.05) is 19.9 Å². The summed E-state index contributed by atoms with van der Waals surface area (Å²) in [6.45, 7) is 1.69. The summed E-state index contributed by atoms with van der Waals surface area (Å²) in [6.07, 6.45) is 1.06. The largest absolute Gasteiger partial charge is 0.496 e. The van der Waals surface area contributed by atoms with Crippen LogP contribution in [-0.2, 0) is 10.0 Å². The highest BCUT2D eigenvalue weighted by molar-refractivity contribution is 7.98. The number of rotatable bonds is 7. The fraction of sp³-hybridized carbons (Fsp3) is 0.294. The predicted molar refractivity (Wildman–Crippen MR) is 96.1 cm³/mol. The van der Waals surface area contributed by atoms with Crippen LogP contribution in [0, 0.1) is 6.92 Å². The molecule has 2 N–H and O–H groups in total.